The molecule has 4 aromatic rings. The van der Waals surface area contributed by atoms with Gasteiger partial charge in [-0.15, -0.1) is 0 Å². The Bertz CT molecular complexity index is 2000. The van der Waals surface area contributed by atoms with Crippen molar-refractivity contribution in [3.8, 4) is 17.3 Å². The minimum Gasteiger partial charge on any atom is -0.444 e. The number of carbonyl (C=O) groups excluding carboxylic acids is 2. The number of amides is 2. The van der Waals surface area contributed by atoms with Crippen molar-refractivity contribution in [3.63, 3.8) is 0 Å². The van der Waals surface area contributed by atoms with E-state index < -0.39 is 40.5 Å². The van der Waals surface area contributed by atoms with Gasteiger partial charge in [0, 0.05) is 36.6 Å². The maximum atomic E-state index is 15.3. The van der Waals surface area contributed by atoms with Crippen molar-refractivity contribution >= 4 is 17.7 Å². The largest absolute Gasteiger partial charge is 0.444 e. The third-order valence-electron chi connectivity index (χ3n) is 8.18. The van der Waals surface area contributed by atoms with Crippen LogP contribution in [0.1, 0.15) is 61.6 Å². The highest BCUT2D eigenvalue weighted by Gasteiger charge is 2.29. The van der Waals surface area contributed by atoms with Gasteiger partial charge in [0.2, 0.25) is 5.88 Å². The molecule has 1 saturated carbocycles. The summed E-state index contributed by atoms with van der Waals surface area (Å²) in [5, 5.41) is 2.53. The van der Waals surface area contributed by atoms with Crippen LogP contribution in [0.4, 0.5) is 19.3 Å². The lowest BCUT2D eigenvalue weighted by Gasteiger charge is -2.30. The molecule has 3 heterocycles. The predicted octanol–water partition coefficient (Wildman–Crippen LogP) is 5.21. The van der Waals surface area contributed by atoms with Gasteiger partial charge in [-0.25, -0.2) is 32.9 Å². The number of carbonyl (C=O) groups is 2. The number of hydrogen-bond acceptors (Lipinski definition) is 8. The summed E-state index contributed by atoms with van der Waals surface area (Å²) in [6, 6.07) is 8.55. The summed E-state index contributed by atoms with van der Waals surface area (Å²) in [6.45, 7) is 6.16. The molecule has 250 valence electrons. The molecule has 0 unspecified atom stereocenters. The maximum Gasteiger partial charge on any atom is 0.410 e. The SMILES string of the molecule is CC(C)(C)OC(=O)N1CCc2c(ncnc2Oc2ccc(NC(=O)c3cn(CC4CCC4)c(=O)n(-c4ccc(F)cc4)c3=O)cc2F)C1. The quantitative estimate of drug-likeness (QED) is 0.286. The summed E-state index contributed by atoms with van der Waals surface area (Å²) in [6.07, 6.45) is 5.24. The van der Waals surface area contributed by atoms with E-state index in [2.05, 4.69) is 15.3 Å². The van der Waals surface area contributed by atoms with Crippen molar-refractivity contribution in [1.29, 1.82) is 0 Å². The molecule has 6 rings (SSSR count). The van der Waals surface area contributed by atoms with E-state index in [1.807, 2.05) is 0 Å². The van der Waals surface area contributed by atoms with Crippen LogP contribution in [0.5, 0.6) is 11.6 Å². The molecule has 0 bridgehead atoms. The number of ether oxygens (including phenoxy) is 2. The monoisotopic (exact) mass is 660 g/mol. The molecular weight excluding hydrogens is 626 g/mol. The number of halogens is 2. The third-order valence-corrected chi connectivity index (χ3v) is 8.18. The Morgan fingerprint density at radius 1 is 1.04 bits per heavy atom. The summed E-state index contributed by atoms with van der Waals surface area (Å²) in [7, 11) is 0. The molecule has 2 amide bonds. The molecule has 1 fully saturated rings. The zero-order valence-corrected chi connectivity index (χ0v) is 26.7. The summed E-state index contributed by atoms with van der Waals surface area (Å²) in [5.74, 6) is -2.03. The molecule has 1 aliphatic carbocycles. The van der Waals surface area contributed by atoms with Crippen molar-refractivity contribution in [2.24, 2.45) is 5.92 Å². The second kappa shape index (κ2) is 13.0. The van der Waals surface area contributed by atoms with E-state index >= 15 is 4.39 Å². The number of rotatable bonds is 7. The number of hydrogen-bond donors (Lipinski definition) is 1. The molecule has 1 aliphatic heterocycles. The van der Waals surface area contributed by atoms with Crippen LogP contribution in [0.3, 0.4) is 0 Å². The smallest absolute Gasteiger partial charge is 0.410 e. The van der Waals surface area contributed by atoms with Gasteiger partial charge < -0.3 is 19.7 Å². The van der Waals surface area contributed by atoms with Gasteiger partial charge in [-0.1, -0.05) is 6.42 Å². The van der Waals surface area contributed by atoms with Crippen LogP contribution in [0.15, 0.2) is 64.6 Å². The zero-order chi connectivity index (χ0) is 34.2. The average Bonchev–Trinajstić information content (AvgIpc) is 3.01. The number of fused-ring (bicyclic) bond motifs is 1. The normalized spacial score (nSPS) is 14.6. The Balaban J connectivity index is 1.21. The van der Waals surface area contributed by atoms with Gasteiger partial charge in [-0.2, -0.15) is 0 Å². The van der Waals surface area contributed by atoms with Crippen LogP contribution < -0.4 is 21.3 Å². The molecule has 48 heavy (non-hydrogen) atoms. The van der Waals surface area contributed by atoms with Gasteiger partial charge in [0.1, 0.15) is 23.3 Å². The van der Waals surface area contributed by atoms with Crippen molar-refractivity contribution in [3.05, 3.63) is 104 Å². The van der Waals surface area contributed by atoms with Crippen LogP contribution in [0.25, 0.3) is 5.69 Å². The minimum absolute atomic E-state index is 0.0343. The van der Waals surface area contributed by atoms with Crippen LogP contribution in [-0.4, -0.2) is 48.1 Å². The summed E-state index contributed by atoms with van der Waals surface area (Å²) >= 11 is 0. The van der Waals surface area contributed by atoms with Crippen molar-refractivity contribution in [2.75, 3.05) is 11.9 Å². The molecule has 2 aromatic heterocycles. The number of nitrogens with zero attached hydrogens (tertiary/aromatic N) is 5. The summed E-state index contributed by atoms with van der Waals surface area (Å²) in [4.78, 5) is 62.7. The van der Waals surface area contributed by atoms with Gasteiger partial charge in [0.15, 0.2) is 11.6 Å². The first kappa shape index (κ1) is 32.5. The molecule has 2 aliphatic rings. The van der Waals surface area contributed by atoms with E-state index in [1.54, 1.807) is 20.8 Å². The first-order valence-electron chi connectivity index (χ1n) is 15.6. The van der Waals surface area contributed by atoms with E-state index in [0.29, 0.717) is 30.8 Å². The maximum absolute atomic E-state index is 15.3. The number of anilines is 1. The van der Waals surface area contributed by atoms with E-state index in [-0.39, 0.29) is 41.0 Å². The highest BCUT2D eigenvalue weighted by Crippen LogP contribution is 2.32. The van der Waals surface area contributed by atoms with Gasteiger partial charge in [-0.3, -0.25) is 14.2 Å². The van der Waals surface area contributed by atoms with Crippen LogP contribution >= 0.6 is 0 Å². The molecule has 14 heteroatoms. The Kier molecular flexibility index (Phi) is 8.82. The fourth-order valence-corrected chi connectivity index (χ4v) is 5.52. The fourth-order valence-electron chi connectivity index (χ4n) is 5.52. The Morgan fingerprint density at radius 2 is 1.79 bits per heavy atom. The lowest BCUT2D eigenvalue weighted by Crippen LogP contribution is -2.43. The predicted molar refractivity (Wildman–Crippen MR) is 170 cm³/mol. The van der Waals surface area contributed by atoms with Crippen molar-refractivity contribution in [1.82, 2.24) is 24.0 Å². The Hall–Kier alpha value is -5.40. The van der Waals surface area contributed by atoms with Gasteiger partial charge in [-0.05, 0) is 82.3 Å². The molecule has 12 nitrogen and oxygen atoms in total. The van der Waals surface area contributed by atoms with Crippen LogP contribution in [0.2, 0.25) is 0 Å². The number of benzene rings is 2. The minimum atomic E-state index is -0.895. The average molecular weight is 661 g/mol. The van der Waals surface area contributed by atoms with Gasteiger partial charge in [0.05, 0.1) is 17.9 Å². The fraction of sp³-hybridized carbons (Fsp3) is 0.353. The summed E-state index contributed by atoms with van der Waals surface area (Å²) < 4.78 is 42.3. The molecule has 2 aromatic carbocycles. The standard InChI is InChI=1S/C34H34F2N6O6/c1-34(2,3)48-33(46)40-14-13-24-27(18-40)37-19-38-30(24)47-28-12-9-22(15-26(28)36)39-29(43)25-17-41(16-20-5-4-6-20)32(45)42(31(25)44)23-10-7-21(35)8-11-23/h7-12,15,17,19-20H,4-6,13-14,16,18H2,1-3H3,(H,39,43). The number of nitrogens with one attached hydrogen (secondary N) is 1. The molecule has 0 atom stereocenters. The van der Waals surface area contributed by atoms with Gasteiger partial charge >= 0.3 is 11.8 Å². The van der Waals surface area contributed by atoms with E-state index in [9.17, 15) is 23.6 Å². The van der Waals surface area contributed by atoms with E-state index in [4.69, 9.17) is 9.47 Å². The number of aromatic nitrogens is 4. The lowest BCUT2D eigenvalue weighted by molar-refractivity contribution is 0.0219. The molecular formula is C34H34F2N6O6. The molecule has 0 saturated heterocycles. The van der Waals surface area contributed by atoms with Crippen molar-refractivity contribution in [2.45, 2.75) is 65.1 Å². The van der Waals surface area contributed by atoms with E-state index in [1.165, 1.54) is 46.3 Å². The highest BCUT2D eigenvalue weighted by molar-refractivity contribution is 6.03. The first-order chi connectivity index (χ1) is 22.9. The lowest BCUT2D eigenvalue weighted by atomic mass is 9.85. The topological polar surface area (TPSA) is 138 Å². The molecule has 0 spiro atoms. The van der Waals surface area contributed by atoms with Crippen LogP contribution in [0, 0.1) is 17.6 Å². The second-order valence-electron chi connectivity index (χ2n) is 12.8. The van der Waals surface area contributed by atoms with E-state index in [0.717, 1.165) is 42.0 Å². The second-order valence-corrected chi connectivity index (χ2v) is 12.8. The highest BCUT2D eigenvalue weighted by atomic mass is 19.1. The zero-order valence-electron chi connectivity index (χ0n) is 26.7. The Labute approximate surface area is 274 Å². The first-order valence-corrected chi connectivity index (χ1v) is 15.6. The van der Waals surface area contributed by atoms with Gasteiger partial charge in [0.25, 0.3) is 11.5 Å². The van der Waals surface area contributed by atoms with Crippen molar-refractivity contribution < 1.29 is 27.8 Å². The summed E-state index contributed by atoms with van der Waals surface area (Å²) in [5.41, 5.74) is -1.21. The third kappa shape index (κ3) is 6.97. The molecule has 1 N–H and O–H groups in total. The Morgan fingerprint density at radius 3 is 2.46 bits per heavy atom. The molecule has 0 radical (unpaired) electrons. The van der Waals surface area contributed by atoms with Crippen LogP contribution in [-0.2, 0) is 24.2 Å².